The van der Waals surface area contributed by atoms with Gasteiger partial charge in [-0.1, -0.05) is 54.6 Å². The van der Waals surface area contributed by atoms with Crippen molar-refractivity contribution in [2.45, 2.75) is 31.3 Å². The maximum atomic E-state index is 13.0. The van der Waals surface area contributed by atoms with Crippen LogP contribution in [0.25, 0.3) is 11.1 Å². The normalized spacial score (nSPS) is 12.8. The minimum atomic E-state index is -1.05. The van der Waals surface area contributed by atoms with Crippen LogP contribution in [-0.4, -0.2) is 52.7 Å². The van der Waals surface area contributed by atoms with Gasteiger partial charge in [-0.05, 0) is 40.8 Å². The molecule has 1 heterocycles. The number of benzene rings is 2. The molecule has 0 radical (unpaired) electrons. The number of likely N-dealkylation sites (N-methyl/N-ethyl adjacent to an activating group) is 1. The standard InChI is InChI=1S/C27H27N3O5/c1-30(16-18-8-6-7-15-28-18)26(33)24(13-14-25(31)32)29-27(34)35-17-23-21-11-4-2-9-19(21)20-10-3-5-12-22(20)23/h2-12,15,23-24H,13-14,16-17H2,1H3,(H,29,34)(H,31,32). The Hall–Kier alpha value is -4.20. The van der Waals surface area contributed by atoms with Gasteiger partial charge in [0.2, 0.25) is 5.91 Å². The second-order valence-corrected chi connectivity index (χ2v) is 8.47. The van der Waals surface area contributed by atoms with E-state index < -0.39 is 24.0 Å². The molecule has 0 saturated carbocycles. The van der Waals surface area contributed by atoms with Crippen LogP contribution in [0.2, 0.25) is 0 Å². The van der Waals surface area contributed by atoms with Gasteiger partial charge in [-0.15, -0.1) is 0 Å². The third kappa shape index (κ3) is 5.66. The van der Waals surface area contributed by atoms with E-state index in [1.807, 2.05) is 54.6 Å². The lowest BCUT2D eigenvalue weighted by atomic mass is 9.98. The Kier molecular flexibility index (Phi) is 7.40. The lowest BCUT2D eigenvalue weighted by molar-refractivity contribution is -0.138. The molecule has 8 nitrogen and oxygen atoms in total. The van der Waals surface area contributed by atoms with E-state index in [-0.39, 0.29) is 31.9 Å². The Morgan fingerprint density at radius 2 is 1.63 bits per heavy atom. The van der Waals surface area contributed by atoms with Gasteiger partial charge >= 0.3 is 12.1 Å². The van der Waals surface area contributed by atoms with Crippen molar-refractivity contribution in [1.29, 1.82) is 0 Å². The van der Waals surface area contributed by atoms with Crippen LogP contribution in [0.15, 0.2) is 72.9 Å². The first kappa shape index (κ1) is 23.9. The number of fused-ring (bicyclic) bond motifs is 3. The summed E-state index contributed by atoms with van der Waals surface area (Å²) in [4.78, 5) is 42.5. The van der Waals surface area contributed by atoms with Crippen molar-refractivity contribution in [3.63, 3.8) is 0 Å². The van der Waals surface area contributed by atoms with Crippen molar-refractivity contribution < 1.29 is 24.2 Å². The molecule has 0 bridgehead atoms. The zero-order chi connectivity index (χ0) is 24.8. The summed E-state index contributed by atoms with van der Waals surface area (Å²) >= 11 is 0. The molecule has 4 rings (SSSR count). The molecule has 0 saturated heterocycles. The van der Waals surface area contributed by atoms with Crippen molar-refractivity contribution in [1.82, 2.24) is 15.2 Å². The highest BCUT2D eigenvalue weighted by Gasteiger charge is 2.30. The summed E-state index contributed by atoms with van der Waals surface area (Å²) in [7, 11) is 1.59. The maximum Gasteiger partial charge on any atom is 0.407 e. The summed E-state index contributed by atoms with van der Waals surface area (Å²) in [5.74, 6) is -1.58. The van der Waals surface area contributed by atoms with Crippen molar-refractivity contribution >= 4 is 18.0 Å². The molecule has 1 aromatic heterocycles. The summed E-state index contributed by atoms with van der Waals surface area (Å²) in [6.07, 6.45) is 0.550. The number of nitrogens with zero attached hydrogens (tertiary/aromatic N) is 2. The zero-order valence-corrected chi connectivity index (χ0v) is 19.4. The summed E-state index contributed by atoms with van der Waals surface area (Å²) in [6, 6.07) is 20.4. The van der Waals surface area contributed by atoms with Gasteiger partial charge in [0.25, 0.3) is 0 Å². The molecule has 2 amide bonds. The second-order valence-electron chi connectivity index (χ2n) is 8.47. The highest BCUT2D eigenvalue weighted by Crippen LogP contribution is 2.44. The number of nitrogens with one attached hydrogen (secondary N) is 1. The molecule has 2 N–H and O–H groups in total. The van der Waals surface area contributed by atoms with E-state index >= 15 is 0 Å². The first-order chi connectivity index (χ1) is 16.9. The number of carboxylic acid groups (broad SMARTS) is 1. The first-order valence-electron chi connectivity index (χ1n) is 11.4. The average Bonchev–Trinajstić information content (AvgIpc) is 3.19. The Bertz CT molecular complexity index is 1170. The van der Waals surface area contributed by atoms with Crippen molar-refractivity contribution in [3.8, 4) is 11.1 Å². The number of carbonyl (C=O) groups excluding carboxylic acids is 2. The van der Waals surface area contributed by atoms with E-state index in [1.165, 1.54) is 4.90 Å². The Morgan fingerprint density at radius 1 is 1.00 bits per heavy atom. The van der Waals surface area contributed by atoms with Crippen LogP contribution in [0, 0.1) is 0 Å². The topological polar surface area (TPSA) is 109 Å². The third-order valence-electron chi connectivity index (χ3n) is 6.08. The number of alkyl carbamates (subject to hydrolysis) is 1. The number of pyridine rings is 1. The van der Waals surface area contributed by atoms with Crippen LogP contribution in [-0.2, 0) is 20.9 Å². The highest BCUT2D eigenvalue weighted by atomic mass is 16.5. The predicted molar refractivity (Wildman–Crippen MR) is 130 cm³/mol. The molecule has 0 spiro atoms. The van der Waals surface area contributed by atoms with Gasteiger partial charge in [0.15, 0.2) is 0 Å². The molecule has 180 valence electrons. The summed E-state index contributed by atoms with van der Waals surface area (Å²) in [5, 5.41) is 11.7. The number of hydrogen-bond acceptors (Lipinski definition) is 5. The Labute approximate surface area is 203 Å². The molecule has 1 atom stereocenters. The van der Waals surface area contributed by atoms with Gasteiger partial charge in [0.05, 0.1) is 12.2 Å². The molecule has 0 fully saturated rings. The van der Waals surface area contributed by atoms with Crippen LogP contribution in [0.1, 0.15) is 35.6 Å². The monoisotopic (exact) mass is 473 g/mol. The molecule has 1 aliphatic carbocycles. The SMILES string of the molecule is CN(Cc1ccccn1)C(=O)C(CCC(=O)O)NC(=O)OCC1c2ccccc2-c2ccccc21. The van der Waals surface area contributed by atoms with Crippen LogP contribution < -0.4 is 5.32 Å². The fourth-order valence-corrected chi connectivity index (χ4v) is 4.39. The molecule has 35 heavy (non-hydrogen) atoms. The summed E-state index contributed by atoms with van der Waals surface area (Å²) < 4.78 is 5.54. The fourth-order valence-electron chi connectivity index (χ4n) is 4.39. The van der Waals surface area contributed by atoms with Crippen LogP contribution in [0.4, 0.5) is 4.79 Å². The van der Waals surface area contributed by atoms with Gasteiger partial charge < -0.3 is 20.1 Å². The summed E-state index contributed by atoms with van der Waals surface area (Å²) in [6.45, 7) is 0.332. The number of carbonyl (C=O) groups is 3. The number of aromatic nitrogens is 1. The smallest absolute Gasteiger partial charge is 0.407 e. The Balaban J connectivity index is 1.42. The van der Waals surface area contributed by atoms with Crippen LogP contribution >= 0.6 is 0 Å². The van der Waals surface area contributed by atoms with E-state index in [9.17, 15) is 14.4 Å². The number of carboxylic acids is 1. The lowest BCUT2D eigenvalue weighted by Crippen LogP contribution is -2.47. The first-order valence-corrected chi connectivity index (χ1v) is 11.4. The number of hydrogen-bond donors (Lipinski definition) is 2. The number of aliphatic carboxylic acids is 1. The quantitative estimate of drug-likeness (QED) is 0.489. The molecular weight excluding hydrogens is 446 g/mol. The molecule has 3 aromatic rings. The van der Waals surface area contributed by atoms with Crippen molar-refractivity contribution in [3.05, 3.63) is 89.7 Å². The number of ether oxygens (including phenoxy) is 1. The minimum Gasteiger partial charge on any atom is -0.481 e. The molecule has 1 aliphatic rings. The van der Waals surface area contributed by atoms with Crippen molar-refractivity contribution in [2.24, 2.45) is 0 Å². The maximum absolute atomic E-state index is 13.0. The average molecular weight is 474 g/mol. The molecule has 1 unspecified atom stereocenters. The third-order valence-corrected chi connectivity index (χ3v) is 6.08. The van der Waals surface area contributed by atoms with Gasteiger partial charge in [-0.2, -0.15) is 0 Å². The van der Waals surface area contributed by atoms with Crippen molar-refractivity contribution in [2.75, 3.05) is 13.7 Å². The van der Waals surface area contributed by atoms with Gasteiger partial charge in [-0.3, -0.25) is 14.6 Å². The Morgan fingerprint density at radius 3 is 2.23 bits per heavy atom. The number of rotatable bonds is 9. The summed E-state index contributed by atoms with van der Waals surface area (Å²) in [5.41, 5.74) is 5.07. The molecule has 2 aromatic carbocycles. The van der Waals surface area contributed by atoms with E-state index in [2.05, 4.69) is 10.3 Å². The minimum absolute atomic E-state index is 0.0507. The van der Waals surface area contributed by atoms with Gasteiger partial charge in [0.1, 0.15) is 12.6 Å². The zero-order valence-electron chi connectivity index (χ0n) is 19.4. The van der Waals surface area contributed by atoms with Crippen LogP contribution in [0.3, 0.4) is 0 Å². The van der Waals surface area contributed by atoms with E-state index in [0.717, 1.165) is 22.3 Å². The van der Waals surface area contributed by atoms with Gasteiger partial charge in [0, 0.05) is 25.6 Å². The highest BCUT2D eigenvalue weighted by molar-refractivity contribution is 5.86. The molecular formula is C27H27N3O5. The predicted octanol–water partition coefficient (Wildman–Crippen LogP) is 3.81. The molecule has 8 heteroatoms. The second kappa shape index (κ2) is 10.8. The fraction of sp³-hybridized carbons (Fsp3) is 0.259. The van der Waals surface area contributed by atoms with E-state index in [4.69, 9.17) is 9.84 Å². The molecule has 0 aliphatic heterocycles. The van der Waals surface area contributed by atoms with Gasteiger partial charge in [-0.25, -0.2) is 4.79 Å². The van der Waals surface area contributed by atoms with E-state index in [0.29, 0.717) is 5.69 Å². The lowest BCUT2D eigenvalue weighted by Gasteiger charge is -2.24. The van der Waals surface area contributed by atoms with E-state index in [1.54, 1.807) is 25.4 Å². The number of amides is 2. The largest absolute Gasteiger partial charge is 0.481 e. The van der Waals surface area contributed by atoms with Crippen LogP contribution in [0.5, 0.6) is 0 Å².